The van der Waals surface area contributed by atoms with E-state index in [1.807, 2.05) is 7.05 Å². The zero-order chi connectivity index (χ0) is 28.6. The molecule has 9 nitrogen and oxygen atoms in total. The molecule has 1 saturated heterocycles. The molecule has 0 radical (unpaired) electrons. The topological polar surface area (TPSA) is 106 Å². The first-order valence-corrected chi connectivity index (χ1v) is 12.8. The summed E-state index contributed by atoms with van der Waals surface area (Å²) in [6, 6.07) is 7.58. The van der Waals surface area contributed by atoms with E-state index in [4.69, 9.17) is 21.1 Å². The number of nitrogens with one attached hydrogen (secondary N) is 2. The zero-order valence-corrected chi connectivity index (χ0v) is 22.3. The normalized spacial score (nSPS) is 17.1. The molecule has 13 heteroatoms. The molecule has 1 aliphatic carbocycles. The summed E-state index contributed by atoms with van der Waals surface area (Å²) in [6.07, 6.45) is -2.68. The first kappa shape index (κ1) is 27.7. The predicted octanol–water partition coefficient (Wildman–Crippen LogP) is 5.26. The van der Waals surface area contributed by atoms with Gasteiger partial charge in [0.25, 0.3) is 5.91 Å². The number of ketones is 1. The van der Waals surface area contributed by atoms with Gasteiger partial charge in [-0.3, -0.25) is 9.59 Å². The number of methoxy groups -OCH3 is 1. The fourth-order valence-electron chi connectivity index (χ4n) is 4.79. The van der Waals surface area contributed by atoms with Crippen molar-refractivity contribution < 1.29 is 32.2 Å². The average molecular weight is 576 g/mol. The molecule has 0 bridgehead atoms. The number of alkyl halides is 3. The third-order valence-electron chi connectivity index (χ3n) is 6.79. The number of nitrogens with zero attached hydrogens (tertiary/aromatic N) is 3. The van der Waals surface area contributed by atoms with Gasteiger partial charge in [0.1, 0.15) is 17.1 Å². The number of fused-ring (bicyclic) bond motifs is 1. The minimum atomic E-state index is -4.82. The van der Waals surface area contributed by atoms with Crippen LogP contribution in [-0.4, -0.2) is 59.8 Å². The number of benzene rings is 2. The monoisotopic (exact) mass is 575 g/mol. The molecule has 2 aromatic carbocycles. The molecule has 1 fully saturated rings. The number of rotatable bonds is 7. The van der Waals surface area contributed by atoms with E-state index < -0.39 is 17.6 Å². The van der Waals surface area contributed by atoms with E-state index in [0.717, 1.165) is 19.5 Å². The summed E-state index contributed by atoms with van der Waals surface area (Å²) in [6.45, 7) is 1.59. The van der Waals surface area contributed by atoms with Crippen molar-refractivity contribution in [2.45, 2.75) is 31.5 Å². The summed E-state index contributed by atoms with van der Waals surface area (Å²) in [7, 11) is 3.34. The minimum Gasteiger partial charge on any atom is -0.495 e. The number of anilines is 2. The molecule has 210 valence electrons. The van der Waals surface area contributed by atoms with E-state index in [9.17, 15) is 22.8 Å². The Labute approximate surface area is 232 Å². The van der Waals surface area contributed by atoms with Gasteiger partial charge in [-0.15, -0.1) is 0 Å². The maximum absolute atomic E-state index is 13.8. The lowest BCUT2D eigenvalue weighted by atomic mass is 10.1. The molecule has 1 aromatic heterocycles. The summed E-state index contributed by atoms with van der Waals surface area (Å²) in [4.78, 5) is 35.1. The van der Waals surface area contributed by atoms with Crippen molar-refractivity contribution in [3.63, 3.8) is 0 Å². The Morgan fingerprint density at radius 3 is 2.70 bits per heavy atom. The van der Waals surface area contributed by atoms with E-state index >= 15 is 0 Å². The molecule has 2 N–H and O–H groups in total. The van der Waals surface area contributed by atoms with Gasteiger partial charge in [0.05, 0.1) is 28.9 Å². The first-order valence-electron chi connectivity index (χ1n) is 12.4. The van der Waals surface area contributed by atoms with Crippen LogP contribution in [0.25, 0.3) is 0 Å². The third-order valence-corrected chi connectivity index (χ3v) is 7.10. The number of hydrogen-bond donors (Lipinski definition) is 2. The maximum Gasteiger partial charge on any atom is 0.423 e. The molecule has 0 spiro atoms. The Morgan fingerprint density at radius 1 is 1.20 bits per heavy atom. The molecule has 3 aromatic rings. The average Bonchev–Trinajstić information content (AvgIpc) is 3.48. The van der Waals surface area contributed by atoms with E-state index in [1.165, 1.54) is 25.3 Å². The largest absolute Gasteiger partial charge is 0.495 e. The molecular formula is C27H25ClF3N5O4. The van der Waals surface area contributed by atoms with E-state index in [2.05, 4.69) is 25.5 Å². The fraction of sp³-hybridized carbons (Fsp3) is 0.333. The van der Waals surface area contributed by atoms with Crippen LogP contribution in [0.15, 0.2) is 36.5 Å². The van der Waals surface area contributed by atoms with Gasteiger partial charge in [0.15, 0.2) is 5.78 Å². The van der Waals surface area contributed by atoms with Crippen molar-refractivity contribution in [3.05, 3.63) is 63.8 Å². The van der Waals surface area contributed by atoms with Crippen LogP contribution in [0.3, 0.4) is 0 Å². The lowest BCUT2D eigenvalue weighted by Gasteiger charge is -2.17. The number of carbonyl (C=O) groups is 2. The lowest BCUT2D eigenvalue weighted by molar-refractivity contribution is -0.139. The fourth-order valence-corrected chi connectivity index (χ4v) is 5.04. The van der Waals surface area contributed by atoms with Crippen molar-refractivity contribution in [1.82, 2.24) is 20.2 Å². The van der Waals surface area contributed by atoms with Gasteiger partial charge in [0.2, 0.25) is 11.8 Å². The first-order chi connectivity index (χ1) is 19.0. The number of halogens is 4. The van der Waals surface area contributed by atoms with Crippen LogP contribution < -0.4 is 20.1 Å². The van der Waals surface area contributed by atoms with Gasteiger partial charge in [-0.1, -0.05) is 23.7 Å². The number of aromatic nitrogens is 2. The molecule has 2 aliphatic rings. The zero-order valence-electron chi connectivity index (χ0n) is 21.6. The van der Waals surface area contributed by atoms with E-state index in [0.29, 0.717) is 18.2 Å². The highest BCUT2D eigenvalue weighted by Crippen LogP contribution is 2.40. The Balaban J connectivity index is 1.44. The predicted molar refractivity (Wildman–Crippen MR) is 141 cm³/mol. The molecule has 1 atom stereocenters. The van der Waals surface area contributed by atoms with E-state index in [1.54, 1.807) is 12.1 Å². The van der Waals surface area contributed by atoms with Crippen LogP contribution >= 0.6 is 11.6 Å². The number of ether oxygens (including phenoxy) is 2. The number of likely N-dealkylation sites (tertiary alicyclic amines) is 1. The van der Waals surface area contributed by atoms with Crippen LogP contribution in [0.5, 0.6) is 17.4 Å². The van der Waals surface area contributed by atoms with Crippen LogP contribution in [0.2, 0.25) is 5.02 Å². The van der Waals surface area contributed by atoms with Crippen LogP contribution in [0.4, 0.5) is 24.8 Å². The SMILES string of the molecule is COc1cc(C(=O)N[C@@H]2CCN(C)C2)c(Cl)cc1Nc1ncc(C(F)(F)F)c(Oc2cccc3c2C(=O)CC3)n1. The van der Waals surface area contributed by atoms with Gasteiger partial charge in [0, 0.05) is 25.2 Å². The number of hydrogen-bond acceptors (Lipinski definition) is 8. The standard InChI is InChI=1S/C27H25ClF3N5O4/c1-36-9-8-15(13-36)33-24(38)16-10-22(39-2)19(11-18(16)28)34-26-32-12-17(27(29,30)31)25(35-26)40-21-5-3-4-14-6-7-20(37)23(14)21/h3-5,10-12,15H,6-9,13H2,1-2H3,(H,33,38)(H,32,34,35)/t15-/m1/s1. The highest BCUT2D eigenvalue weighted by Gasteiger charge is 2.37. The Hall–Kier alpha value is -3.90. The summed E-state index contributed by atoms with van der Waals surface area (Å²) in [5.74, 6) is -1.44. The Morgan fingerprint density at radius 2 is 2.00 bits per heavy atom. The lowest BCUT2D eigenvalue weighted by Crippen LogP contribution is -2.36. The summed E-state index contributed by atoms with van der Waals surface area (Å²) < 4.78 is 52.4. The molecule has 5 rings (SSSR count). The molecule has 1 amide bonds. The van der Waals surface area contributed by atoms with Crippen LogP contribution in [0.1, 0.15) is 44.7 Å². The number of aryl methyl sites for hydroxylation is 1. The number of likely N-dealkylation sites (N-methyl/N-ethyl adjacent to an activating group) is 1. The number of amides is 1. The second-order valence-electron chi connectivity index (χ2n) is 9.60. The van der Waals surface area contributed by atoms with Crippen LogP contribution in [-0.2, 0) is 12.6 Å². The van der Waals surface area contributed by atoms with Gasteiger partial charge >= 0.3 is 6.18 Å². The second kappa shape index (κ2) is 10.9. The van der Waals surface area contributed by atoms with E-state index in [-0.39, 0.29) is 63.4 Å². The van der Waals surface area contributed by atoms with Crippen LogP contribution in [0, 0.1) is 0 Å². The number of Topliss-reactive ketones (excluding diaryl/α,β-unsaturated/α-hetero) is 1. The number of carbonyl (C=O) groups excluding carboxylic acids is 2. The Bertz CT molecular complexity index is 1480. The highest BCUT2D eigenvalue weighted by atomic mass is 35.5. The molecule has 2 heterocycles. The van der Waals surface area contributed by atoms with Crippen molar-refractivity contribution in [3.8, 4) is 17.4 Å². The molecule has 0 unspecified atom stereocenters. The van der Waals surface area contributed by atoms with Gasteiger partial charge in [-0.25, -0.2) is 4.98 Å². The summed E-state index contributed by atoms with van der Waals surface area (Å²) >= 11 is 6.41. The molecule has 0 saturated carbocycles. The van der Waals surface area contributed by atoms with Crippen molar-refractivity contribution in [1.29, 1.82) is 0 Å². The third kappa shape index (κ3) is 5.68. The highest BCUT2D eigenvalue weighted by molar-refractivity contribution is 6.34. The maximum atomic E-state index is 13.8. The quantitative estimate of drug-likeness (QED) is 0.393. The minimum absolute atomic E-state index is 0.0143. The van der Waals surface area contributed by atoms with Crippen molar-refractivity contribution >= 4 is 34.9 Å². The van der Waals surface area contributed by atoms with Crippen molar-refractivity contribution in [2.24, 2.45) is 0 Å². The second-order valence-corrected chi connectivity index (χ2v) is 10.0. The summed E-state index contributed by atoms with van der Waals surface area (Å²) in [5.41, 5.74) is 0.127. The molecular weight excluding hydrogens is 551 g/mol. The van der Waals surface area contributed by atoms with Gasteiger partial charge < -0.3 is 25.0 Å². The van der Waals surface area contributed by atoms with Crippen molar-refractivity contribution in [2.75, 3.05) is 32.6 Å². The summed E-state index contributed by atoms with van der Waals surface area (Å²) in [5, 5.41) is 5.83. The van der Waals surface area contributed by atoms with Gasteiger partial charge in [-0.05, 0) is 50.2 Å². The smallest absolute Gasteiger partial charge is 0.423 e. The Kier molecular flexibility index (Phi) is 7.56. The van der Waals surface area contributed by atoms with Gasteiger partial charge in [-0.2, -0.15) is 18.2 Å². The molecule has 40 heavy (non-hydrogen) atoms. The molecule has 1 aliphatic heterocycles.